The van der Waals surface area contributed by atoms with Gasteiger partial charge in [0, 0.05) is 6.54 Å². The molecule has 4 heteroatoms. The SMILES string of the molecule is CC[C@H](N)C(=O)NCc1cccc(OC)c1. The maximum absolute atomic E-state index is 11.4. The van der Waals surface area contributed by atoms with Crippen LogP contribution in [0.2, 0.25) is 0 Å². The lowest BCUT2D eigenvalue weighted by molar-refractivity contribution is -0.122. The number of carbonyl (C=O) groups is 1. The first-order chi connectivity index (χ1) is 7.67. The summed E-state index contributed by atoms with van der Waals surface area (Å²) in [4.78, 5) is 11.4. The predicted octanol–water partition coefficient (Wildman–Crippen LogP) is 1.05. The van der Waals surface area contributed by atoms with Crippen molar-refractivity contribution in [3.8, 4) is 5.75 Å². The third-order valence-corrected chi connectivity index (χ3v) is 2.38. The smallest absolute Gasteiger partial charge is 0.237 e. The van der Waals surface area contributed by atoms with Crippen LogP contribution in [-0.2, 0) is 11.3 Å². The number of hydrogen-bond acceptors (Lipinski definition) is 3. The molecule has 16 heavy (non-hydrogen) atoms. The summed E-state index contributed by atoms with van der Waals surface area (Å²) in [7, 11) is 1.62. The summed E-state index contributed by atoms with van der Waals surface area (Å²) in [6, 6.07) is 7.15. The standard InChI is InChI=1S/C12H18N2O2/c1-3-11(13)12(15)14-8-9-5-4-6-10(7-9)16-2/h4-7,11H,3,8,13H2,1-2H3,(H,14,15)/t11-/m0/s1. The highest BCUT2D eigenvalue weighted by Gasteiger charge is 2.09. The second kappa shape index (κ2) is 6.12. The number of nitrogens with one attached hydrogen (secondary N) is 1. The van der Waals surface area contributed by atoms with E-state index in [1.165, 1.54) is 0 Å². The topological polar surface area (TPSA) is 64.4 Å². The van der Waals surface area contributed by atoms with Gasteiger partial charge in [0.05, 0.1) is 13.2 Å². The van der Waals surface area contributed by atoms with Crippen LogP contribution >= 0.6 is 0 Å². The molecule has 0 spiro atoms. The van der Waals surface area contributed by atoms with Gasteiger partial charge in [0.2, 0.25) is 5.91 Å². The molecule has 0 aliphatic heterocycles. The molecule has 0 aliphatic rings. The van der Waals surface area contributed by atoms with Crippen molar-refractivity contribution in [3.63, 3.8) is 0 Å². The van der Waals surface area contributed by atoms with Crippen molar-refractivity contribution in [1.82, 2.24) is 5.32 Å². The van der Waals surface area contributed by atoms with E-state index in [1.54, 1.807) is 7.11 Å². The van der Waals surface area contributed by atoms with Gasteiger partial charge < -0.3 is 15.8 Å². The van der Waals surface area contributed by atoms with Crippen LogP contribution in [0.4, 0.5) is 0 Å². The highest BCUT2D eigenvalue weighted by atomic mass is 16.5. The minimum Gasteiger partial charge on any atom is -0.497 e. The fourth-order valence-corrected chi connectivity index (χ4v) is 1.29. The Morgan fingerprint density at radius 3 is 2.94 bits per heavy atom. The number of amides is 1. The van der Waals surface area contributed by atoms with Crippen molar-refractivity contribution >= 4 is 5.91 Å². The quantitative estimate of drug-likeness (QED) is 0.782. The van der Waals surface area contributed by atoms with E-state index < -0.39 is 6.04 Å². The molecule has 1 rings (SSSR count). The molecule has 1 amide bonds. The number of methoxy groups -OCH3 is 1. The molecule has 3 N–H and O–H groups in total. The zero-order valence-electron chi connectivity index (χ0n) is 9.69. The van der Waals surface area contributed by atoms with Crippen LogP contribution in [0.5, 0.6) is 5.75 Å². The van der Waals surface area contributed by atoms with Crippen LogP contribution in [0.1, 0.15) is 18.9 Å². The van der Waals surface area contributed by atoms with Gasteiger partial charge in [-0.2, -0.15) is 0 Å². The summed E-state index contributed by atoms with van der Waals surface area (Å²) in [5.41, 5.74) is 6.60. The van der Waals surface area contributed by atoms with Gasteiger partial charge in [0.15, 0.2) is 0 Å². The van der Waals surface area contributed by atoms with Crippen LogP contribution in [-0.4, -0.2) is 19.1 Å². The number of carbonyl (C=O) groups excluding carboxylic acids is 1. The van der Waals surface area contributed by atoms with E-state index >= 15 is 0 Å². The second-order valence-corrected chi connectivity index (χ2v) is 3.58. The van der Waals surface area contributed by atoms with E-state index in [9.17, 15) is 4.79 Å². The molecule has 4 nitrogen and oxygen atoms in total. The number of rotatable bonds is 5. The second-order valence-electron chi connectivity index (χ2n) is 3.58. The van der Waals surface area contributed by atoms with E-state index in [2.05, 4.69) is 5.32 Å². The van der Waals surface area contributed by atoms with Crippen molar-refractivity contribution in [1.29, 1.82) is 0 Å². The molecular formula is C12H18N2O2. The molecule has 0 saturated heterocycles. The average molecular weight is 222 g/mol. The first-order valence-corrected chi connectivity index (χ1v) is 5.33. The summed E-state index contributed by atoms with van der Waals surface area (Å²) in [5.74, 6) is 0.664. The minimum atomic E-state index is -0.425. The normalized spacial score (nSPS) is 11.9. The largest absolute Gasteiger partial charge is 0.497 e. The van der Waals surface area contributed by atoms with E-state index in [-0.39, 0.29) is 5.91 Å². The highest BCUT2D eigenvalue weighted by Crippen LogP contribution is 2.12. The van der Waals surface area contributed by atoms with Gasteiger partial charge >= 0.3 is 0 Å². The maximum atomic E-state index is 11.4. The first kappa shape index (κ1) is 12.5. The minimum absolute atomic E-state index is 0.120. The van der Waals surface area contributed by atoms with Gasteiger partial charge in [0.1, 0.15) is 5.75 Å². The van der Waals surface area contributed by atoms with Crippen LogP contribution in [0.25, 0.3) is 0 Å². The van der Waals surface area contributed by atoms with Gasteiger partial charge in [-0.15, -0.1) is 0 Å². The van der Waals surface area contributed by atoms with Crippen molar-refractivity contribution < 1.29 is 9.53 Å². The molecule has 0 fully saturated rings. The lowest BCUT2D eigenvalue weighted by Gasteiger charge is -2.10. The lowest BCUT2D eigenvalue weighted by Crippen LogP contribution is -2.39. The van der Waals surface area contributed by atoms with Crippen molar-refractivity contribution in [2.75, 3.05) is 7.11 Å². The Balaban J connectivity index is 2.51. The third-order valence-electron chi connectivity index (χ3n) is 2.38. The molecule has 0 saturated carbocycles. The summed E-state index contributed by atoms with van der Waals surface area (Å²) >= 11 is 0. The van der Waals surface area contributed by atoms with E-state index in [4.69, 9.17) is 10.5 Å². The molecule has 0 aliphatic carbocycles. The monoisotopic (exact) mass is 222 g/mol. The van der Waals surface area contributed by atoms with Crippen LogP contribution in [0, 0.1) is 0 Å². The van der Waals surface area contributed by atoms with Gasteiger partial charge in [-0.25, -0.2) is 0 Å². The number of nitrogens with two attached hydrogens (primary N) is 1. The Kier molecular flexibility index (Phi) is 4.79. The average Bonchev–Trinajstić information content (AvgIpc) is 2.35. The summed E-state index contributed by atoms with van der Waals surface area (Å²) in [6.45, 7) is 2.36. The fourth-order valence-electron chi connectivity index (χ4n) is 1.29. The lowest BCUT2D eigenvalue weighted by atomic mass is 10.2. The maximum Gasteiger partial charge on any atom is 0.237 e. The number of benzene rings is 1. The molecule has 1 atom stereocenters. The Morgan fingerprint density at radius 1 is 1.56 bits per heavy atom. The van der Waals surface area contributed by atoms with Gasteiger partial charge in [-0.3, -0.25) is 4.79 Å². The number of ether oxygens (including phenoxy) is 1. The molecule has 0 radical (unpaired) electrons. The van der Waals surface area contributed by atoms with E-state index in [0.29, 0.717) is 13.0 Å². The molecule has 0 bridgehead atoms. The molecule has 1 aromatic carbocycles. The molecule has 1 aromatic rings. The Labute approximate surface area is 95.8 Å². The van der Waals surface area contributed by atoms with E-state index in [1.807, 2.05) is 31.2 Å². The summed E-state index contributed by atoms with van der Waals surface area (Å²) in [6.07, 6.45) is 0.643. The zero-order valence-corrected chi connectivity index (χ0v) is 9.69. The van der Waals surface area contributed by atoms with Gasteiger partial charge in [0.25, 0.3) is 0 Å². The van der Waals surface area contributed by atoms with Crippen LogP contribution in [0.15, 0.2) is 24.3 Å². The highest BCUT2D eigenvalue weighted by molar-refractivity contribution is 5.81. The third kappa shape index (κ3) is 3.55. The van der Waals surface area contributed by atoms with E-state index in [0.717, 1.165) is 11.3 Å². The molecule has 88 valence electrons. The Bertz CT molecular complexity index is 353. The molecular weight excluding hydrogens is 204 g/mol. The van der Waals surface area contributed by atoms with Gasteiger partial charge in [-0.05, 0) is 24.1 Å². The van der Waals surface area contributed by atoms with Gasteiger partial charge in [-0.1, -0.05) is 19.1 Å². The van der Waals surface area contributed by atoms with Crippen LogP contribution in [0.3, 0.4) is 0 Å². The molecule has 0 unspecified atom stereocenters. The Hall–Kier alpha value is -1.55. The Morgan fingerprint density at radius 2 is 2.31 bits per heavy atom. The fraction of sp³-hybridized carbons (Fsp3) is 0.417. The number of hydrogen-bond donors (Lipinski definition) is 2. The van der Waals surface area contributed by atoms with Crippen molar-refractivity contribution in [3.05, 3.63) is 29.8 Å². The molecule has 0 aromatic heterocycles. The van der Waals surface area contributed by atoms with Crippen molar-refractivity contribution in [2.45, 2.75) is 25.9 Å². The van der Waals surface area contributed by atoms with Crippen LogP contribution < -0.4 is 15.8 Å². The summed E-state index contributed by atoms with van der Waals surface area (Å²) in [5, 5.41) is 2.78. The first-order valence-electron chi connectivity index (χ1n) is 5.33. The summed E-state index contributed by atoms with van der Waals surface area (Å²) < 4.78 is 5.09. The zero-order chi connectivity index (χ0) is 12.0. The molecule has 0 heterocycles. The predicted molar refractivity (Wildman–Crippen MR) is 63.1 cm³/mol. The van der Waals surface area contributed by atoms with Crippen molar-refractivity contribution in [2.24, 2.45) is 5.73 Å².